The van der Waals surface area contributed by atoms with E-state index in [0.717, 1.165) is 5.56 Å². The van der Waals surface area contributed by atoms with Crippen molar-refractivity contribution in [1.82, 2.24) is 10.6 Å². The lowest BCUT2D eigenvalue weighted by molar-refractivity contribution is -0.123. The third-order valence-corrected chi connectivity index (χ3v) is 3.20. The summed E-state index contributed by atoms with van der Waals surface area (Å²) in [5.74, 6) is -0.0959. The number of carbonyl (C=O) groups is 1. The molecule has 0 aliphatic carbocycles. The molecule has 2 atom stereocenters. The maximum Gasteiger partial charge on any atom is 0.237 e. The van der Waals surface area contributed by atoms with E-state index in [4.69, 9.17) is 11.6 Å². The Bertz CT molecular complexity index is 411. The van der Waals surface area contributed by atoms with Gasteiger partial charge < -0.3 is 15.7 Å². The van der Waals surface area contributed by atoms with E-state index in [1.54, 1.807) is 6.07 Å². The highest BCUT2D eigenvalue weighted by Crippen LogP contribution is 2.14. The van der Waals surface area contributed by atoms with Crippen molar-refractivity contribution >= 4 is 17.5 Å². The van der Waals surface area contributed by atoms with Crippen LogP contribution in [-0.2, 0) is 11.3 Å². The molecule has 1 saturated heterocycles. The zero-order valence-electron chi connectivity index (χ0n) is 9.32. The van der Waals surface area contributed by atoms with Gasteiger partial charge in [-0.25, -0.2) is 0 Å². The molecule has 2 rings (SSSR count). The van der Waals surface area contributed by atoms with E-state index in [9.17, 15) is 9.90 Å². The molecule has 0 saturated carbocycles. The number of aliphatic hydroxyl groups is 1. The highest BCUT2D eigenvalue weighted by atomic mass is 35.5. The maximum absolute atomic E-state index is 11.7. The molecule has 3 N–H and O–H groups in total. The summed E-state index contributed by atoms with van der Waals surface area (Å²) in [7, 11) is 0. The fourth-order valence-corrected chi connectivity index (χ4v) is 2.07. The van der Waals surface area contributed by atoms with Gasteiger partial charge in [0.25, 0.3) is 0 Å². The highest BCUT2D eigenvalue weighted by Gasteiger charge is 2.27. The lowest BCUT2D eigenvalue weighted by atomic mass is 10.2. The smallest absolute Gasteiger partial charge is 0.237 e. The van der Waals surface area contributed by atoms with Gasteiger partial charge in [0.2, 0.25) is 5.91 Å². The zero-order chi connectivity index (χ0) is 12.3. The monoisotopic (exact) mass is 254 g/mol. The second kappa shape index (κ2) is 5.49. The summed E-state index contributed by atoms with van der Waals surface area (Å²) in [5, 5.41) is 15.7. The number of hydrogen-bond acceptors (Lipinski definition) is 3. The lowest BCUT2D eigenvalue weighted by Gasteiger charge is -2.11. The fraction of sp³-hybridized carbons (Fsp3) is 0.417. The van der Waals surface area contributed by atoms with Gasteiger partial charge in [0, 0.05) is 18.1 Å². The number of aliphatic hydroxyl groups excluding tert-OH is 1. The van der Waals surface area contributed by atoms with Gasteiger partial charge >= 0.3 is 0 Å². The summed E-state index contributed by atoms with van der Waals surface area (Å²) in [5.41, 5.74) is 0.890. The van der Waals surface area contributed by atoms with E-state index in [1.807, 2.05) is 18.2 Å². The molecule has 1 aromatic rings. The third-order valence-electron chi connectivity index (χ3n) is 2.84. The lowest BCUT2D eigenvalue weighted by Crippen LogP contribution is -2.40. The van der Waals surface area contributed by atoms with Gasteiger partial charge in [0.1, 0.15) is 0 Å². The first-order valence-electron chi connectivity index (χ1n) is 5.59. The number of carbonyl (C=O) groups excluding carboxylic acids is 1. The molecule has 92 valence electrons. The Balaban J connectivity index is 1.86. The van der Waals surface area contributed by atoms with Crippen LogP contribution in [-0.4, -0.2) is 29.7 Å². The minimum Gasteiger partial charge on any atom is -0.392 e. The van der Waals surface area contributed by atoms with E-state index in [-0.39, 0.29) is 11.9 Å². The van der Waals surface area contributed by atoms with Gasteiger partial charge in [0.15, 0.2) is 0 Å². The van der Waals surface area contributed by atoms with E-state index in [0.29, 0.717) is 24.5 Å². The molecule has 0 aromatic heterocycles. The normalized spacial score (nSPS) is 23.6. The Hall–Kier alpha value is -1.10. The Morgan fingerprint density at radius 3 is 2.94 bits per heavy atom. The van der Waals surface area contributed by atoms with E-state index in [1.165, 1.54) is 0 Å². The Morgan fingerprint density at radius 2 is 2.29 bits per heavy atom. The molecule has 1 aromatic carbocycles. The van der Waals surface area contributed by atoms with Crippen molar-refractivity contribution in [1.29, 1.82) is 0 Å². The minimum atomic E-state index is -0.425. The van der Waals surface area contributed by atoms with Gasteiger partial charge in [-0.1, -0.05) is 29.8 Å². The second-order valence-corrected chi connectivity index (χ2v) is 4.57. The van der Waals surface area contributed by atoms with Crippen molar-refractivity contribution < 1.29 is 9.90 Å². The van der Waals surface area contributed by atoms with Crippen molar-refractivity contribution in [2.45, 2.75) is 25.1 Å². The van der Waals surface area contributed by atoms with Crippen LogP contribution in [0.2, 0.25) is 5.02 Å². The van der Waals surface area contributed by atoms with Crippen molar-refractivity contribution in [3.8, 4) is 0 Å². The summed E-state index contributed by atoms with van der Waals surface area (Å²) < 4.78 is 0. The molecule has 17 heavy (non-hydrogen) atoms. The van der Waals surface area contributed by atoms with Crippen LogP contribution in [0.5, 0.6) is 0 Å². The second-order valence-electron chi connectivity index (χ2n) is 4.16. The van der Waals surface area contributed by atoms with Crippen molar-refractivity contribution in [3.63, 3.8) is 0 Å². The number of hydrogen-bond donors (Lipinski definition) is 3. The van der Waals surface area contributed by atoms with E-state index < -0.39 is 6.10 Å². The topological polar surface area (TPSA) is 61.4 Å². The van der Waals surface area contributed by atoms with Crippen LogP contribution in [0.15, 0.2) is 24.3 Å². The van der Waals surface area contributed by atoms with Crippen molar-refractivity contribution in [2.75, 3.05) is 6.54 Å². The van der Waals surface area contributed by atoms with Crippen LogP contribution in [0.4, 0.5) is 0 Å². The molecule has 0 unspecified atom stereocenters. The van der Waals surface area contributed by atoms with Crippen LogP contribution >= 0.6 is 11.6 Å². The van der Waals surface area contributed by atoms with Crippen LogP contribution in [0.25, 0.3) is 0 Å². The van der Waals surface area contributed by atoms with Crippen molar-refractivity contribution in [3.05, 3.63) is 34.9 Å². The Morgan fingerprint density at radius 1 is 1.53 bits per heavy atom. The SMILES string of the molecule is O=C(NCc1ccccc1Cl)[C@@H]1C[C@@H](O)CN1. The third kappa shape index (κ3) is 3.19. The number of rotatable bonds is 3. The summed E-state index contributed by atoms with van der Waals surface area (Å²) in [4.78, 5) is 11.7. The van der Waals surface area contributed by atoms with Gasteiger partial charge in [-0.2, -0.15) is 0 Å². The maximum atomic E-state index is 11.7. The molecule has 1 amide bonds. The molecule has 1 aliphatic rings. The van der Waals surface area contributed by atoms with E-state index >= 15 is 0 Å². The fourth-order valence-electron chi connectivity index (χ4n) is 1.86. The standard InChI is InChI=1S/C12H15ClN2O2/c13-10-4-2-1-3-8(10)6-15-12(17)11-5-9(16)7-14-11/h1-4,9,11,14,16H,5-7H2,(H,15,17)/t9-,11+/m1/s1. The van der Waals surface area contributed by atoms with Gasteiger partial charge in [-0.15, -0.1) is 0 Å². The first-order chi connectivity index (χ1) is 8.16. The van der Waals surface area contributed by atoms with Gasteiger partial charge in [0.05, 0.1) is 12.1 Å². The average molecular weight is 255 g/mol. The largest absolute Gasteiger partial charge is 0.392 e. The molecule has 1 fully saturated rings. The zero-order valence-corrected chi connectivity index (χ0v) is 10.1. The molecule has 0 bridgehead atoms. The van der Waals surface area contributed by atoms with Crippen molar-refractivity contribution in [2.24, 2.45) is 0 Å². The minimum absolute atomic E-state index is 0.0959. The summed E-state index contributed by atoms with van der Waals surface area (Å²) >= 11 is 5.98. The highest BCUT2D eigenvalue weighted by molar-refractivity contribution is 6.31. The quantitative estimate of drug-likeness (QED) is 0.743. The molecular weight excluding hydrogens is 240 g/mol. The molecule has 0 radical (unpaired) electrons. The Kier molecular flexibility index (Phi) is 3.99. The average Bonchev–Trinajstić information content (AvgIpc) is 2.74. The van der Waals surface area contributed by atoms with Crippen LogP contribution in [0.3, 0.4) is 0 Å². The first kappa shape index (κ1) is 12.4. The van der Waals surface area contributed by atoms with Gasteiger partial charge in [-0.05, 0) is 18.1 Å². The number of benzene rings is 1. The molecule has 0 spiro atoms. The molecular formula is C12H15ClN2O2. The predicted octanol–water partition coefficient (Wildman–Crippen LogP) is 0.679. The number of halogens is 1. The molecule has 1 heterocycles. The first-order valence-corrected chi connectivity index (χ1v) is 5.97. The molecule has 4 nitrogen and oxygen atoms in total. The summed E-state index contributed by atoms with van der Waals surface area (Å²) in [6.45, 7) is 0.886. The van der Waals surface area contributed by atoms with Crippen LogP contribution in [0.1, 0.15) is 12.0 Å². The Labute approximate surface area is 105 Å². The molecule has 5 heteroatoms. The van der Waals surface area contributed by atoms with Gasteiger partial charge in [-0.3, -0.25) is 4.79 Å². The predicted molar refractivity (Wildman–Crippen MR) is 65.7 cm³/mol. The number of nitrogens with one attached hydrogen (secondary N) is 2. The summed E-state index contributed by atoms with van der Waals surface area (Å²) in [6.07, 6.45) is 0.0417. The number of β-amino-alcohol motifs (C(OH)–C–C–N with tert-alkyl or cyclic N) is 1. The number of amides is 1. The molecule has 1 aliphatic heterocycles. The van der Waals surface area contributed by atoms with Crippen LogP contribution < -0.4 is 10.6 Å². The summed E-state index contributed by atoms with van der Waals surface area (Å²) in [6, 6.07) is 7.10. The van der Waals surface area contributed by atoms with Crippen LogP contribution in [0, 0.1) is 0 Å². The van der Waals surface area contributed by atoms with E-state index in [2.05, 4.69) is 10.6 Å².